The Labute approximate surface area is 295 Å². The first-order valence-corrected chi connectivity index (χ1v) is 17.2. The number of nitrogens with zero attached hydrogens (tertiary/aromatic N) is 3. The van der Waals surface area contributed by atoms with Crippen molar-refractivity contribution in [3.63, 3.8) is 0 Å². The molecule has 0 atom stereocenters. The molecule has 8 aromatic carbocycles. The summed E-state index contributed by atoms with van der Waals surface area (Å²) in [5, 5.41) is 4.65. The van der Waals surface area contributed by atoms with Gasteiger partial charge in [0.1, 0.15) is 5.52 Å². The summed E-state index contributed by atoms with van der Waals surface area (Å²) in [6.07, 6.45) is 0. The molecule has 0 aliphatic heterocycles. The molecule has 0 aliphatic carbocycles. The molecule has 2 heterocycles. The van der Waals surface area contributed by atoms with Gasteiger partial charge in [-0.3, -0.25) is 0 Å². The minimum atomic E-state index is 0.640. The fourth-order valence-electron chi connectivity index (χ4n) is 7.38. The van der Waals surface area contributed by atoms with E-state index >= 15 is 0 Å². The van der Waals surface area contributed by atoms with Crippen molar-refractivity contribution in [2.75, 3.05) is 4.90 Å². The zero-order valence-electron chi connectivity index (χ0n) is 27.6. The molecule has 0 unspecified atom stereocenters. The number of para-hydroxylation sites is 3. The average molecular weight is 654 g/mol. The summed E-state index contributed by atoms with van der Waals surface area (Å²) in [5.41, 5.74) is 11.7. The van der Waals surface area contributed by atoms with E-state index in [9.17, 15) is 0 Å². The highest BCUT2D eigenvalue weighted by Gasteiger charge is 2.18. The van der Waals surface area contributed by atoms with E-state index in [4.69, 9.17) is 9.40 Å². The van der Waals surface area contributed by atoms with Crippen molar-refractivity contribution < 1.29 is 4.42 Å². The second-order valence-corrected chi connectivity index (χ2v) is 12.8. The maximum absolute atomic E-state index is 6.30. The van der Waals surface area contributed by atoms with Gasteiger partial charge in [0.15, 0.2) is 5.58 Å². The molecular weight excluding hydrogens is 623 g/mol. The van der Waals surface area contributed by atoms with Crippen LogP contribution >= 0.6 is 0 Å². The molecule has 0 spiro atoms. The lowest BCUT2D eigenvalue weighted by Gasteiger charge is -2.26. The monoisotopic (exact) mass is 653 g/mol. The van der Waals surface area contributed by atoms with Gasteiger partial charge in [-0.15, -0.1) is 0 Å². The molecule has 0 saturated heterocycles. The van der Waals surface area contributed by atoms with Gasteiger partial charge in [-0.05, 0) is 101 Å². The predicted molar refractivity (Wildman–Crippen MR) is 211 cm³/mol. The van der Waals surface area contributed by atoms with Gasteiger partial charge in [0.2, 0.25) is 5.89 Å². The third kappa shape index (κ3) is 4.96. The summed E-state index contributed by atoms with van der Waals surface area (Å²) in [4.78, 5) is 7.10. The maximum Gasteiger partial charge on any atom is 0.227 e. The van der Waals surface area contributed by atoms with E-state index in [-0.39, 0.29) is 0 Å². The summed E-state index contributed by atoms with van der Waals surface area (Å²) in [5.74, 6) is 0.640. The zero-order valence-corrected chi connectivity index (χ0v) is 27.6. The molecule has 51 heavy (non-hydrogen) atoms. The largest absolute Gasteiger partial charge is 0.435 e. The first-order valence-electron chi connectivity index (χ1n) is 17.2. The minimum Gasteiger partial charge on any atom is -0.435 e. The SMILES string of the molecule is c1ccc(-c2nc3ccc4cc(-c5ccc(N(c6ccccc6)c6ccc7c8ccccc8n(-c8ccccc8)c7c6)cc5)ccc4c3o2)cc1. The summed E-state index contributed by atoms with van der Waals surface area (Å²) in [6, 6.07) is 66.4. The minimum absolute atomic E-state index is 0.640. The van der Waals surface area contributed by atoms with E-state index in [0.717, 1.165) is 61.3 Å². The Morgan fingerprint density at radius 2 is 1.06 bits per heavy atom. The van der Waals surface area contributed by atoms with Crippen LogP contribution in [0.15, 0.2) is 192 Å². The van der Waals surface area contributed by atoms with Gasteiger partial charge in [0.05, 0.1) is 11.0 Å². The Balaban J connectivity index is 1.05. The molecule has 0 saturated carbocycles. The van der Waals surface area contributed by atoms with Crippen LogP contribution in [-0.4, -0.2) is 9.55 Å². The van der Waals surface area contributed by atoms with E-state index in [0.29, 0.717) is 5.89 Å². The smallest absolute Gasteiger partial charge is 0.227 e. The van der Waals surface area contributed by atoms with Crippen LogP contribution in [0, 0.1) is 0 Å². The average Bonchev–Trinajstić information content (AvgIpc) is 3.79. The highest BCUT2D eigenvalue weighted by molar-refractivity contribution is 6.10. The van der Waals surface area contributed by atoms with Crippen LogP contribution in [0.2, 0.25) is 0 Å². The summed E-state index contributed by atoms with van der Waals surface area (Å²) < 4.78 is 8.67. The topological polar surface area (TPSA) is 34.2 Å². The van der Waals surface area contributed by atoms with Crippen molar-refractivity contribution in [1.82, 2.24) is 9.55 Å². The highest BCUT2D eigenvalue weighted by atomic mass is 16.3. The Kier molecular flexibility index (Phi) is 6.78. The van der Waals surface area contributed by atoms with Crippen molar-refractivity contribution >= 4 is 60.7 Å². The normalized spacial score (nSPS) is 11.5. The van der Waals surface area contributed by atoms with Gasteiger partial charge >= 0.3 is 0 Å². The second kappa shape index (κ2) is 11.9. The molecule has 0 aliphatic rings. The molecule has 0 N–H and O–H groups in total. The van der Waals surface area contributed by atoms with E-state index in [1.54, 1.807) is 0 Å². The zero-order chi connectivity index (χ0) is 33.7. The third-order valence-corrected chi connectivity index (χ3v) is 9.79. The van der Waals surface area contributed by atoms with Gasteiger partial charge in [0.25, 0.3) is 0 Å². The van der Waals surface area contributed by atoms with Crippen molar-refractivity contribution in [3.8, 4) is 28.3 Å². The van der Waals surface area contributed by atoms with E-state index in [1.165, 1.54) is 21.8 Å². The van der Waals surface area contributed by atoms with Crippen molar-refractivity contribution in [2.24, 2.45) is 0 Å². The van der Waals surface area contributed by atoms with E-state index < -0.39 is 0 Å². The van der Waals surface area contributed by atoms with Crippen LogP contribution in [-0.2, 0) is 0 Å². The summed E-state index contributed by atoms with van der Waals surface area (Å²) in [7, 11) is 0. The highest BCUT2D eigenvalue weighted by Crippen LogP contribution is 2.40. The number of aromatic nitrogens is 2. The number of benzene rings is 8. The van der Waals surface area contributed by atoms with Crippen molar-refractivity contribution in [1.29, 1.82) is 0 Å². The number of rotatable bonds is 6. The van der Waals surface area contributed by atoms with Crippen LogP contribution < -0.4 is 4.90 Å². The first-order chi connectivity index (χ1) is 25.3. The van der Waals surface area contributed by atoms with Gasteiger partial charge in [-0.2, -0.15) is 0 Å². The Hall–Kier alpha value is -6.91. The molecule has 10 rings (SSSR count). The van der Waals surface area contributed by atoms with Crippen molar-refractivity contribution in [2.45, 2.75) is 0 Å². The quantitative estimate of drug-likeness (QED) is 0.179. The van der Waals surface area contributed by atoms with Crippen LogP contribution in [0.4, 0.5) is 17.1 Å². The van der Waals surface area contributed by atoms with Crippen LogP contribution in [0.5, 0.6) is 0 Å². The number of oxazole rings is 1. The standard InChI is InChI=1S/C47H31N3O/c1-4-12-33(13-5-1)47-48-43-29-23-35-30-34(22-27-40(35)46(43)51-47)32-20-24-38(25-21-32)49(36-14-6-2-7-15-36)39-26-28-42-41-18-10-11-19-44(41)50(45(42)31-39)37-16-8-3-9-17-37/h1-31H. The van der Waals surface area contributed by atoms with Crippen LogP contribution in [0.3, 0.4) is 0 Å². The van der Waals surface area contributed by atoms with Crippen LogP contribution in [0.25, 0.3) is 71.9 Å². The predicted octanol–water partition coefficient (Wildman–Crippen LogP) is 12.9. The van der Waals surface area contributed by atoms with Gasteiger partial charge in [0, 0.05) is 44.5 Å². The molecule has 240 valence electrons. The number of hydrogen-bond donors (Lipinski definition) is 0. The molecule has 4 heteroatoms. The number of hydrogen-bond acceptors (Lipinski definition) is 3. The van der Waals surface area contributed by atoms with Gasteiger partial charge in [-0.1, -0.05) is 103 Å². The fourth-order valence-corrected chi connectivity index (χ4v) is 7.38. The van der Waals surface area contributed by atoms with Crippen LogP contribution in [0.1, 0.15) is 0 Å². The molecule has 10 aromatic rings. The number of anilines is 3. The van der Waals surface area contributed by atoms with E-state index in [2.05, 4.69) is 161 Å². The molecule has 2 aromatic heterocycles. The molecule has 0 radical (unpaired) electrons. The molecule has 0 amide bonds. The molecule has 0 bridgehead atoms. The maximum atomic E-state index is 6.30. The lowest BCUT2D eigenvalue weighted by Crippen LogP contribution is -2.10. The molecule has 4 nitrogen and oxygen atoms in total. The summed E-state index contributed by atoms with van der Waals surface area (Å²) >= 11 is 0. The lowest BCUT2D eigenvalue weighted by atomic mass is 10.0. The first kappa shape index (κ1) is 29.0. The van der Waals surface area contributed by atoms with Gasteiger partial charge < -0.3 is 13.9 Å². The Bertz CT molecular complexity index is 2840. The Morgan fingerprint density at radius 3 is 1.86 bits per heavy atom. The fraction of sp³-hybridized carbons (Fsp3) is 0. The molecular formula is C47H31N3O. The van der Waals surface area contributed by atoms with E-state index in [1.807, 2.05) is 36.4 Å². The van der Waals surface area contributed by atoms with Gasteiger partial charge in [-0.25, -0.2) is 4.98 Å². The molecule has 0 fully saturated rings. The lowest BCUT2D eigenvalue weighted by molar-refractivity contribution is 0.623. The number of fused-ring (bicyclic) bond motifs is 6. The third-order valence-electron chi connectivity index (χ3n) is 9.79. The Morgan fingerprint density at radius 1 is 0.431 bits per heavy atom. The second-order valence-electron chi connectivity index (χ2n) is 12.8. The summed E-state index contributed by atoms with van der Waals surface area (Å²) in [6.45, 7) is 0. The van der Waals surface area contributed by atoms with Crippen molar-refractivity contribution in [3.05, 3.63) is 188 Å².